The van der Waals surface area contributed by atoms with Crippen molar-refractivity contribution in [2.75, 3.05) is 24.2 Å². The van der Waals surface area contributed by atoms with E-state index < -0.39 is 0 Å². The molecule has 0 saturated carbocycles. The van der Waals surface area contributed by atoms with Crippen LogP contribution in [0, 0.1) is 0 Å². The van der Waals surface area contributed by atoms with Gasteiger partial charge >= 0.3 is 0 Å². The lowest BCUT2D eigenvalue weighted by Gasteiger charge is -2.13. The monoisotopic (exact) mass is 252 g/mol. The number of aromatic nitrogens is 2. The SMILES string of the molecule is CCOC(C)CNc1nc(N)nc2sccc12. The maximum Gasteiger partial charge on any atom is 0.223 e. The highest BCUT2D eigenvalue weighted by Gasteiger charge is 2.08. The molecule has 0 radical (unpaired) electrons. The second-order valence-electron chi connectivity index (χ2n) is 3.72. The van der Waals surface area contributed by atoms with Crippen LogP contribution in [-0.4, -0.2) is 29.2 Å². The van der Waals surface area contributed by atoms with Crippen molar-refractivity contribution in [2.45, 2.75) is 20.0 Å². The van der Waals surface area contributed by atoms with Crippen molar-refractivity contribution < 1.29 is 4.74 Å². The van der Waals surface area contributed by atoms with Gasteiger partial charge in [-0.25, -0.2) is 4.98 Å². The summed E-state index contributed by atoms with van der Waals surface area (Å²) >= 11 is 1.56. The molecule has 1 atom stereocenters. The fourth-order valence-corrected chi connectivity index (χ4v) is 2.36. The van der Waals surface area contributed by atoms with E-state index in [1.807, 2.05) is 25.3 Å². The highest BCUT2D eigenvalue weighted by molar-refractivity contribution is 7.16. The molecule has 0 fully saturated rings. The summed E-state index contributed by atoms with van der Waals surface area (Å²) in [7, 11) is 0. The van der Waals surface area contributed by atoms with Crippen LogP contribution in [0.15, 0.2) is 11.4 Å². The number of thiophene rings is 1. The fourth-order valence-electron chi connectivity index (χ4n) is 1.59. The Morgan fingerprint density at radius 3 is 3.12 bits per heavy atom. The molecule has 2 heterocycles. The van der Waals surface area contributed by atoms with Crippen molar-refractivity contribution in [1.82, 2.24) is 9.97 Å². The first kappa shape index (κ1) is 12.1. The second kappa shape index (κ2) is 5.29. The van der Waals surface area contributed by atoms with Crippen LogP contribution < -0.4 is 11.1 Å². The average Bonchev–Trinajstić information content (AvgIpc) is 2.74. The summed E-state index contributed by atoms with van der Waals surface area (Å²) in [6.45, 7) is 5.42. The van der Waals surface area contributed by atoms with Gasteiger partial charge in [0.2, 0.25) is 5.95 Å². The van der Waals surface area contributed by atoms with Crippen molar-refractivity contribution in [3.63, 3.8) is 0 Å². The minimum absolute atomic E-state index is 0.143. The summed E-state index contributed by atoms with van der Waals surface area (Å²) in [6, 6.07) is 1.99. The summed E-state index contributed by atoms with van der Waals surface area (Å²) in [5.74, 6) is 1.08. The smallest absolute Gasteiger partial charge is 0.223 e. The van der Waals surface area contributed by atoms with E-state index in [9.17, 15) is 0 Å². The molecule has 3 N–H and O–H groups in total. The molecule has 6 heteroatoms. The van der Waals surface area contributed by atoms with E-state index in [1.165, 1.54) is 0 Å². The number of ether oxygens (including phenoxy) is 1. The van der Waals surface area contributed by atoms with Crippen molar-refractivity contribution in [3.8, 4) is 0 Å². The van der Waals surface area contributed by atoms with Crippen LogP contribution in [0.5, 0.6) is 0 Å². The predicted molar refractivity (Wildman–Crippen MR) is 71.4 cm³/mol. The standard InChI is InChI=1S/C11H16N4OS/c1-3-16-7(2)6-13-9-8-4-5-17-10(8)15-11(12)14-9/h4-5,7H,3,6H2,1-2H3,(H3,12,13,14,15). The third kappa shape index (κ3) is 2.83. The summed E-state index contributed by atoms with van der Waals surface area (Å²) < 4.78 is 5.45. The van der Waals surface area contributed by atoms with Crippen LogP contribution in [0.3, 0.4) is 0 Å². The van der Waals surface area contributed by atoms with Crippen molar-refractivity contribution >= 4 is 33.3 Å². The van der Waals surface area contributed by atoms with Crippen LogP contribution >= 0.6 is 11.3 Å². The Kier molecular flexibility index (Phi) is 3.75. The quantitative estimate of drug-likeness (QED) is 0.852. The van der Waals surface area contributed by atoms with Gasteiger partial charge in [0.1, 0.15) is 10.6 Å². The number of fused-ring (bicyclic) bond motifs is 1. The van der Waals surface area contributed by atoms with Crippen LogP contribution in [0.4, 0.5) is 11.8 Å². The molecule has 0 aliphatic heterocycles. The first-order chi connectivity index (χ1) is 8.20. The Morgan fingerprint density at radius 2 is 2.35 bits per heavy atom. The van der Waals surface area contributed by atoms with Gasteiger partial charge in [0.05, 0.1) is 11.5 Å². The average molecular weight is 252 g/mol. The molecule has 17 heavy (non-hydrogen) atoms. The van der Waals surface area contributed by atoms with E-state index in [4.69, 9.17) is 10.5 Å². The molecule has 0 spiro atoms. The molecule has 0 aliphatic rings. The van der Waals surface area contributed by atoms with Gasteiger partial charge in [-0.2, -0.15) is 4.98 Å². The van der Waals surface area contributed by atoms with E-state index in [-0.39, 0.29) is 6.10 Å². The zero-order valence-corrected chi connectivity index (χ0v) is 10.8. The van der Waals surface area contributed by atoms with Crippen molar-refractivity contribution in [2.24, 2.45) is 0 Å². The highest BCUT2D eigenvalue weighted by atomic mass is 32.1. The lowest BCUT2D eigenvalue weighted by molar-refractivity contribution is 0.0855. The van der Waals surface area contributed by atoms with Crippen molar-refractivity contribution in [1.29, 1.82) is 0 Å². The Balaban J connectivity index is 2.14. The second-order valence-corrected chi connectivity index (χ2v) is 4.61. The lowest BCUT2D eigenvalue weighted by atomic mass is 10.3. The third-order valence-corrected chi connectivity index (χ3v) is 3.16. The van der Waals surface area contributed by atoms with E-state index in [0.717, 1.165) is 16.0 Å². The lowest BCUT2D eigenvalue weighted by Crippen LogP contribution is -2.20. The first-order valence-electron chi connectivity index (χ1n) is 5.57. The summed E-state index contributed by atoms with van der Waals surface area (Å²) in [4.78, 5) is 9.29. The summed E-state index contributed by atoms with van der Waals surface area (Å²) in [6.07, 6.45) is 0.143. The number of nitrogens with two attached hydrogens (primary N) is 1. The minimum atomic E-state index is 0.143. The molecule has 5 nitrogen and oxygen atoms in total. The highest BCUT2D eigenvalue weighted by Crippen LogP contribution is 2.25. The Labute approximate surface area is 104 Å². The molecule has 2 aromatic rings. The number of hydrogen-bond acceptors (Lipinski definition) is 6. The number of rotatable bonds is 5. The minimum Gasteiger partial charge on any atom is -0.377 e. The predicted octanol–water partition coefficient (Wildman–Crippen LogP) is 2.11. The van der Waals surface area contributed by atoms with Gasteiger partial charge in [0, 0.05) is 13.2 Å². The molecule has 0 bridgehead atoms. The molecular weight excluding hydrogens is 236 g/mol. The van der Waals surface area contributed by atoms with E-state index in [0.29, 0.717) is 19.1 Å². The molecular formula is C11H16N4OS. The Morgan fingerprint density at radius 1 is 1.53 bits per heavy atom. The molecule has 0 aromatic carbocycles. The zero-order valence-electron chi connectivity index (χ0n) is 9.93. The van der Waals surface area contributed by atoms with Gasteiger partial charge in [-0.3, -0.25) is 0 Å². The summed E-state index contributed by atoms with van der Waals surface area (Å²) in [5.41, 5.74) is 5.66. The van der Waals surface area contributed by atoms with Crippen LogP contribution in [0.1, 0.15) is 13.8 Å². The largest absolute Gasteiger partial charge is 0.377 e. The molecule has 92 valence electrons. The normalized spacial score (nSPS) is 12.8. The third-order valence-electron chi connectivity index (χ3n) is 2.35. The molecule has 0 amide bonds. The number of nitrogens with one attached hydrogen (secondary N) is 1. The van der Waals surface area contributed by atoms with Gasteiger partial charge in [0.25, 0.3) is 0 Å². The topological polar surface area (TPSA) is 73.1 Å². The van der Waals surface area contributed by atoms with E-state index in [1.54, 1.807) is 11.3 Å². The van der Waals surface area contributed by atoms with Gasteiger partial charge in [-0.05, 0) is 25.3 Å². The number of anilines is 2. The Bertz CT molecular complexity index is 499. The zero-order chi connectivity index (χ0) is 12.3. The van der Waals surface area contributed by atoms with Crippen LogP contribution in [0.25, 0.3) is 10.2 Å². The summed E-state index contributed by atoms with van der Waals surface area (Å²) in [5, 5.41) is 6.24. The van der Waals surface area contributed by atoms with Crippen molar-refractivity contribution in [3.05, 3.63) is 11.4 Å². The molecule has 0 aliphatic carbocycles. The first-order valence-corrected chi connectivity index (χ1v) is 6.45. The molecule has 0 saturated heterocycles. The molecule has 2 rings (SSSR count). The van der Waals surface area contributed by atoms with Gasteiger partial charge < -0.3 is 15.8 Å². The Hall–Kier alpha value is -1.40. The fraction of sp³-hybridized carbons (Fsp3) is 0.455. The number of nitrogens with zero attached hydrogens (tertiary/aromatic N) is 2. The van der Waals surface area contributed by atoms with E-state index in [2.05, 4.69) is 15.3 Å². The van der Waals surface area contributed by atoms with E-state index >= 15 is 0 Å². The van der Waals surface area contributed by atoms with Crippen LogP contribution in [0.2, 0.25) is 0 Å². The maximum absolute atomic E-state index is 5.66. The number of nitrogen functional groups attached to an aromatic ring is 1. The molecule has 1 unspecified atom stereocenters. The van der Waals surface area contributed by atoms with Gasteiger partial charge in [-0.15, -0.1) is 11.3 Å². The molecule has 2 aromatic heterocycles. The van der Waals surface area contributed by atoms with Gasteiger partial charge in [0.15, 0.2) is 0 Å². The number of hydrogen-bond donors (Lipinski definition) is 2. The van der Waals surface area contributed by atoms with Gasteiger partial charge in [-0.1, -0.05) is 0 Å². The maximum atomic E-state index is 5.66. The van der Waals surface area contributed by atoms with Crippen LogP contribution in [-0.2, 0) is 4.74 Å².